The molecule has 0 bridgehead atoms. The monoisotopic (exact) mass is 407 g/mol. The summed E-state index contributed by atoms with van der Waals surface area (Å²) in [6, 6.07) is 11.6. The lowest BCUT2D eigenvalue weighted by Gasteiger charge is -2.33. The quantitative estimate of drug-likeness (QED) is 0.709. The van der Waals surface area contributed by atoms with Crippen LogP contribution in [0.2, 0.25) is 0 Å². The van der Waals surface area contributed by atoms with Crippen molar-refractivity contribution >= 4 is 17.5 Å². The second-order valence-electron chi connectivity index (χ2n) is 8.08. The number of amides is 2. The molecule has 4 rings (SSSR count). The van der Waals surface area contributed by atoms with Crippen molar-refractivity contribution in [2.24, 2.45) is 5.92 Å². The highest BCUT2D eigenvalue weighted by atomic mass is 16.2. The Hall–Kier alpha value is -2.77. The summed E-state index contributed by atoms with van der Waals surface area (Å²) in [6.45, 7) is 3.27. The van der Waals surface area contributed by atoms with Crippen LogP contribution in [0.1, 0.15) is 43.4 Å². The topological polar surface area (TPSA) is 86.4 Å². The molecule has 3 N–H and O–H groups in total. The van der Waals surface area contributed by atoms with E-state index in [-0.39, 0.29) is 29.8 Å². The van der Waals surface area contributed by atoms with Gasteiger partial charge in [-0.2, -0.15) is 0 Å². The van der Waals surface area contributed by atoms with Crippen LogP contribution in [0, 0.1) is 5.92 Å². The molecule has 0 radical (unpaired) electrons. The van der Waals surface area contributed by atoms with Crippen LogP contribution >= 0.6 is 0 Å². The zero-order chi connectivity index (χ0) is 20.9. The van der Waals surface area contributed by atoms with Crippen molar-refractivity contribution in [3.63, 3.8) is 0 Å². The van der Waals surface area contributed by atoms with Gasteiger partial charge in [0, 0.05) is 37.2 Å². The normalized spacial score (nSPS) is 23.9. The van der Waals surface area contributed by atoms with Crippen molar-refractivity contribution in [1.82, 2.24) is 20.7 Å². The summed E-state index contributed by atoms with van der Waals surface area (Å²) in [5, 5.41) is 3.01. The number of hydrogen-bond acceptors (Lipinski definition) is 5. The maximum absolute atomic E-state index is 13.1. The molecule has 7 heteroatoms. The third-order valence-electron chi connectivity index (χ3n) is 6.02. The van der Waals surface area contributed by atoms with Gasteiger partial charge in [0.05, 0.1) is 5.92 Å². The summed E-state index contributed by atoms with van der Waals surface area (Å²) >= 11 is 0. The van der Waals surface area contributed by atoms with Gasteiger partial charge in [0.15, 0.2) is 0 Å². The van der Waals surface area contributed by atoms with Gasteiger partial charge in [0.2, 0.25) is 11.8 Å². The first-order valence-electron chi connectivity index (χ1n) is 10.7. The van der Waals surface area contributed by atoms with Gasteiger partial charge in [-0.3, -0.25) is 14.6 Å². The summed E-state index contributed by atoms with van der Waals surface area (Å²) in [6.07, 6.45) is 6.84. The number of hydrazine groups is 1. The van der Waals surface area contributed by atoms with Crippen molar-refractivity contribution in [1.29, 1.82) is 0 Å². The number of piperidine rings is 1. The number of pyridine rings is 1. The zero-order valence-electron chi connectivity index (χ0n) is 17.3. The summed E-state index contributed by atoms with van der Waals surface area (Å²) in [4.78, 5) is 31.8. The minimum atomic E-state index is -0.293. The molecule has 3 heterocycles. The van der Waals surface area contributed by atoms with Gasteiger partial charge in [0.1, 0.15) is 6.04 Å². The molecule has 2 amide bonds. The fourth-order valence-corrected chi connectivity index (χ4v) is 4.20. The number of nitrogens with one attached hydrogen (secondary N) is 3. The molecule has 3 atom stereocenters. The van der Waals surface area contributed by atoms with E-state index in [4.69, 9.17) is 0 Å². The Labute approximate surface area is 177 Å². The van der Waals surface area contributed by atoms with Crippen molar-refractivity contribution in [3.8, 4) is 0 Å². The van der Waals surface area contributed by atoms with Crippen LogP contribution in [0.3, 0.4) is 0 Å². The Kier molecular flexibility index (Phi) is 6.40. The van der Waals surface area contributed by atoms with Crippen LogP contribution in [-0.4, -0.2) is 40.8 Å². The largest absolute Gasteiger partial charge is 0.341 e. The van der Waals surface area contributed by atoms with Gasteiger partial charge in [-0.15, -0.1) is 0 Å². The second-order valence-corrected chi connectivity index (χ2v) is 8.08. The highest BCUT2D eigenvalue weighted by molar-refractivity contribution is 5.93. The van der Waals surface area contributed by atoms with E-state index < -0.39 is 0 Å². The maximum atomic E-state index is 13.1. The zero-order valence-corrected chi connectivity index (χ0v) is 17.3. The molecular weight excluding hydrogens is 378 g/mol. The number of carbonyl (C=O) groups excluding carboxylic acids is 2. The smallest absolute Gasteiger partial charge is 0.241 e. The predicted molar refractivity (Wildman–Crippen MR) is 115 cm³/mol. The van der Waals surface area contributed by atoms with Crippen LogP contribution in [0.25, 0.3) is 0 Å². The fraction of sp³-hybridized carbons (Fsp3) is 0.435. The molecular formula is C23H29N5O2. The molecule has 7 nitrogen and oxygen atoms in total. The molecule has 1 aromatic heterocycles. The number of likely N-dealkylation sites (tertiary alicyclic amines) is 1. The fourth-order valence-electron chi connectivity index (χ4n) is 4.20. The van der Waals surface area contributed by atoms with Crippen LogP contribution in [-0.2, 0) is 16.0 Å². The van der Waals surface area contributed by atoms with Gasteiger partial charge in [-0.25, -0.2) is 10.9 Å². The second kappa shape index (κ2) is 9.36. The van der Waals surface area contributed by atoms with Crippen LogP contribution in [0.15, 0.2) is 48.8 Å². The summed E-state index contributed by atoms with van der Waals surface area (Å²) < 4.78 is 0. The third kappa shape index (κ3) is 4.68. The van der Waals surface area contributed by atoms with Crippen LogP contribution in [0.5, 0.6) is 0 Å². The first-order chi connectivity index (χ1) is 14.6. The van der Waals surface area contributed by atoms with E-state index in [0.717, 1.165) is 30.5 Å². The van der Waals surface area contributed by atoms with E-state index in [9.17, 15) is 9.59 Å². The third-order valence-corrected chi connectivity index (χ3v) is 6.02. The average molecular weight is 408 g/mol. The van der Waals surface area contributed by atoms with E-state index in [1.54, 1.807) is 6.20 Å². The number of carbonyl (C=O) groups is 2. The van der Waals surface area contributed by atoms with Crippen molar-refractivity contribution in [2.45, 2.75) is 44.7 Å². The van der Waals surface area contributed by atoms with Gasteiger partial charge in [-0.1, -0.05) is 25.1 Å². The van der Waals surface area contributed by atoms with Crippen molar-refractivity contribution in [3.05, 3.63) is 59.9 Å². The van der Waals surface area contributed by atoms with Gasteiger partial charge in [0.25, 0.3) is 0 Å². The molecule has 3 unspecified atom stereocenters. The lowest BCUT2D eigenvalue weighted by molar-refractivity contribution is -0.136. The Morgan fingerprint density at radius 1 is 1.20 bits per heavy atom. The molecule has 158 valence electrons. The minimum Gasteiger partial charge on any atom is -0.341 e. The Bertz CT molecular complexity index is 871. The number of aromatic nitrogens is 1. The van der Waals surface area contributed by atoms with Crippen molar-refractivity contribution in [2.75, 3.05) is 18.4 Å². The van der Waals surface area contributed by atoms with Crippen LogP contribution in [0.4, 0.5) is 5.69 Å². The van der Waals surface area contributed by atoms with E-state index in [0.29, 0.717) is 19.5 Å². The first-order valence-corrected chi connectivity index (χ1v) is 10.7. The highest BCUT2D eigenvalue weighted by Gasteiger charge is 2.36. The molecule has 1 aromatic carbocycles. The minimum absolute atomic E-state index is 0.0116. The molecule has 2 aliphatic rings. The first kappa shape index (κ1) is 20.5. The number of aryl methyl sites for hydroxylation is 1. The summed E-state index contributed by atoms with van der Waals surface area (Å²) in [5.74, 6) is -0.141. The number of hydrogen-bond donors (Lipinski definition) is 3. The SMILES string of the molecule is CCc1ccc(NC(=O)C2CCCN(C(=O)C3CC(c4cccnc4)NN3)C2)cc1. The van der Waals surface area contributed by atoms with Gasteiger partial charge >= 0.3 is 0 Å². The molecule has 0 aliphatic carbocycles. The lowest BCUT2D eigenvalue weighted by Crippen LogP contribution is -2.50. The molecule has 2 fully saturated rings. The summed E-state index contributed by atoms with van der Waals surface area (Å²) in [7, 11) is 0. The number of anilines is 1. The summed E-state index contributed by atoms with van der Waals surface area (Å²) in [5.41, 5.74) is 9.44. The van der Waals surface area contributed by atoms with Crippen molar-refractivity contribution < 1.29 is 9.59 Å². The standard InChI is InChI=1S/C23H29N5O2/c1-2-16-7-9-19(10-8-16)25-22(29)18-6-4-12-28(15-18)23(30)21-13-20(26-27-21)17-5-3-11-24-14-17/h3,5,7-11,14,18,20-21,26-27H,2,4,6,12-13,15H2,1H3,(H,25,29). The average Bonchev–Trinajstić information content (AvgIpc) is 3.30. The van der Waals surface area contributed by atoms with E-state index >= 15 is 0 Å². The Morgan fingerprint density at radius 2 is 2.03 bits per heavy atom. The lowest BCUT2D eigenvalue weighted by atomic mass is 9.95. The molecule has 0 spiro atoms. The van der Waals surface area contributed by atoms with E-state index in [2.05, 4.69) is 28.1 Å². The Balaban J connectivity index is 1.33. The van der Waals surface area contributed by atoms with Crippen LogP contribution < -0.4 is 16.2 Å². The van der Waals surface area contributed by atoms with Gasteiger partial charge in [-0.05, 0) is 55.0 Å². The number of benzene rings is 1. The van der Waals surface area contributed by atoms with Gasteiger partial charge < -0.3 is 10.2 Å². The number of rotatable bonds is 5. The van der Waals surface area contributed by atoms with E-state index in [1.807, 2.05) is 47.5 Å². The molecule has 2 saturated heterocycles. The molecule has 30 heavy (non-hydrogen) atoms. The maximum Gasteiger partial charge on any atom is 0.241 e. The molecule has 2 aliphatic heterocycles. The highest BCUT2D eigenvalue weighted by Crippen LogP contribution is 2.25. The number of nitrogens with zero attached hydrogens (tertiary/aromatic N) is 2. The molecule has 2 aromatic rings. The predicted octanol–water partition coefficient (Wildman–Crippen LogP) is 2.43. The van der Waals surface area contributed by atoms with E-state index in [1.165, 1.54) is 5.56 Å². The Morgan fingerprint density at radius 3 is 2.77 bits per heavy atom. The molecule has 0 saturated carbocycles.